The Hall–Kier alpha value is -2.63. The van der Waals surface area contributed by atoms with Crippen molar-refractivity contribution in [2.45, 2.75) is 26.7 Å². The molecule has 0 saturated carbocycles. The maximum atomic E-state index is 12.3. The molecule has 0 aliphatic rings. The molecule has 1 amide bonds. The fraction of sp³-hybridized carbons (Fsp3) is 0.353. The number of likely N-dealkylation sites (N-methyl/N-ethyl adjacent to an activating group) is 1. The van der Waals surface area contributed by atoms with Crippen LogP contribution in [0.5, 0.6) is 0 Å². The van der Waals surface area contributed by atoms with Crippen LogP contribution in [0, 0.1) is 13.8 Å². The van der Waals surface area contributed by atoms with Crippen LogP contribution in [0.15, 0.2) is 30.3 Å². The van der Waals surface area contributed by atoms with Crippen molar-refractivity contribution in [2.75, 3.05) is 13.6 Å². The van der Waals surface area contributed by atoms with Crippen molar-refractivity contribution in [3.8, 4) is 5.69 Å². The lowest BCUT2D eigenvalue weighted by atomic mass is 10.1. The lowest BCUT2D eigenvalue weighted by molar-refractivity contribution is -0.138. The Morgan fingerprint density at radius 1 is 1.22 bits per heavy atom. The van der Waals surface area contributed by atoms with Crippen LogP contribution in [0.4, 0.5) is 0 Å². The van der Waals surface area contributed by atoms with Crippen molar-refractivity contribution in [3.05, 3.63) is 47.3 Å². The number of para-hydroxylation sites is 1. The van der Waals surface area contributed by atoms with Gasteiger partial charge < -0.3 is 10.0 Å². The van der Waals surface area contributed by atoms with Gasteiger partial charge in [0.1, 0.15) is 0 Å². The third-order valence-electron chi connectivity index (χ3n) is 3.86. The largest absolute Gasteiger partial charge is 0.481 e. The number of aliphatic carboxylic acids is 1. The number of amides is 1. The van der Waals surface area contributed by atoms with Gasteiger partial charge in [0.05, 0.1) is 24.2 Å². The van der Waals surface area contributed by atoms with E-state index in [2.05, 4.69) is 5.10 Å². The Morgan fingerprint density at radius 2 is 1.87 bits per heavy atom. The molecule has 0 aliphatic carbocycles. The van der Waals surface area contributed by atoms with Crippen LogP contribution in [0.1, 0.15) is 23.4 Å². The van der Waals surface area contributed by atoms with Gasteiger partial charge in [0.15, 0.2) is 0 Å². The number of aromatic nitrogens is 2. The predicted octanol–water partition coefficient (Wildman–Crippen LogP) is 1.96. The number of benzene rings is 1. The van der Waals surface area contributed by atoms with Gasteiger partial charge >= 0.3 is 5.97 Å². The van der Waals surface area contributed by atoms with Gasteiger partial charge in [-0.15, -0.1) is 0 Å². The van der Waals surface area contributed by atoms with Gasteiger partial charge in [-0.3, -0.25) is 9.59 Å². The van der Waals surface area contributed by atoms with Crippen LogP contribution in [0.3, 0.4) is 0 Å². The first-order valence-electron chi connectivity index (χ1n) is 7.46. The first kappa shape index (κ1) is 16.7. The lowest BCUT2D eigenvalue weighted by Crippen LogP contribution is -2.30. The number of rotatable bonds is 6. The van der Waals surface area contributed by atoms with E-state index in [1.54, 1.807) is 7.05 Å². The highest BCUT2D eigenvalue weighted by Gasteiger charge is 2.18. The maximum Gasteiger partial charge on any atom is 0.305 e. The second kappa shape index (κ2) is 7.09. The monoisotopic (exact) mass is 315 g/mol. The van der Waals surface area contributed by atoms with E-state index in [0.29, 0.717) is 0 Å². The molecule has 2 rings (SSSR count). The van der Waals surface area contributed by atoms with Gasteiger partial charge in [-0.25, -0.2) is 4.68 Å². The fourth-order valence-corrected chi connectivity index (χ4v) is 2.43. The van der Waals surface area contributed by atoms with Crippen molar-refractivity contribution in [3.63, 3.8) is 0 Å². The quantitative estimate of drug-likeness (QED) is 0.884. The van der Waals surface area contributed by atoms with E-state index in [0.717, 1.165) is 22.6 Å². The summed E-state index contributed by atoms with van der Waals surface area (Å²) in [6.45, 7) is 4.03. The summed E-state index contributed by atoms with van der Waals surface area (Å²) in [6.07, 6.45) is 0.171. The molecule has 23 heavy (non-hydrogen) atoms. The lowest BCUT2D eigenvalue weighted by Gasteiger charge is -2.16. The van der Waals surface area contributed by atoms with E-state index in [1.165, 1.54) is 4.90 Å². The standard InChI is InChI=1S/C17H21N3O3/c1-12-15(11-16(21)19(3)10-9-17(22)23)13(2)20(18-12)14-7-5-4-6-8-14/h4-8H,9-11H2,1-3H3,(H,22,23). The summed E-state index contributed by atoms with van der Waals surface area (Å²) >= 11 is 0. The summed E-state index contributed by atoms with van der Waals surface area (Å²) in [5, 5.41) is 13.2. The minimum Gasteiger partial charge on any atom is -0.481 e. The van der Waals surface area contributed by atoms with Crippen molar-refractivity contribution in [1.82, 2.24) is 14.7 Å². The van der Waals surface area contributed by atoms with Crippen LogP contribution in [-0.4, -0.2) is 45.3 Å². The van der Waals surface area contributed by atoms with Gasteiger partial charge in [0, 0.05) is 24.8 Å². The molecule has 6 nitrogen and oxygen atoms in total. The van der Waals surface area contributed by atoms with Crippen molar-refractivity contribution >= 4 is 11.9 Å². The van der Waals surface area contributed by atoms with E-state index in [9.17, 15) is 9.59 Å². The summed E-state index contributed by atoms with van der Waals surface area (Å²) < 4.78 is 1.83. The predicted molar refractivity (Wildman–Crippen MR) is 86.6 cm³/mol. The Bertz CT molecular complexity index is 707. The first-order valence-corrected chi connectivity index (χ1v) is 7.46. The Kier molecular flexibility index (Phi) is 5.16. The molecule has 1 N–H and O–H groups in total. The molecule has 1 aromatic carbocycles. The van der Waals surface area contributed by atoms with E-state index in [1.807, 2.05) is 48.9 Å². The number of carboxylic acid groups (broad SMARTS) is 1. The number of carbonyl (C=O) groups excluding carboxylic acids is 1. The van der Waals surface area contributed by atoms with Gasteiger partial charge in [-0.05, 0) is 26.0 Å². The number of carbonyl (C=O) groups is 2. The zero-order chi connectivity index (χ0) is 17.0. The summed E-state index contributed by atoms with van der Waals surface area (Å²) in [5.41, 5.74) is 3.58. The molecule has 0 unspecified atom stereocenters. The summed E-state index contributed by atoms with van der Waals surface area (Å²) in [4.78, 5) is 24.3. The molecule has 122 valence electrons. The molecule has 0 spiro atoms. The topological polar surface area (TPSA) is 75.4 Å². The van der Waals surface area contributed by atoms with Crippen LogP contribution < -0.4 is 0 Å². The third kappa shape index (κ3) is 3.97. The molecule has 2 aromatic rings. The molecule has 1 heterocycles. The number of carboxylic acids is 1. The first-order chi connectivity index (χ1) is 10.9. The van der Waals surface area contributed by atoms with Crippen LogP contribution in [-0.2, 0) is 16.0 Å². The van der Waals surface area contributed by atoms with Crippen molar-refractivity contribution < 1.29 is 14.7 Å². The molecule has 0 aliphatic heterocycles. The van der Waals surface area contributed by atoms with E-state index < -0.39 is 5.97 Å². The van der Waals surface area contributed by atoms with Gasteiger partial charge in [-0.2, -0.15) is 5.10 Å². The second-order valence-electron chi connectivity index (χ2n) is 5.53. The van der Waals surface area contributed by atoms with Gasteiger partial charge in [0.25, 0.3) is 0 Å². The zero-order valence-corrected chi connectivity index (χ0v) is 13.6. The number of hydrogen-bond acceptors (Lipinski definition) is 3. The van der Waals surface area contributed by atoms with Crippen molar-refractivity contribution in [2.24, 2.45) is 0 Å². The highest BCUT2D eigenvalue weighted by Crippen LogP contribution is 2.18. The smallest absolute Gasteiger partial charge is 0.305 e. The summed E-state index contributed by atoms with van der Waals surface area (Å²) in [5.74, 6) is -1.01. The molecule has 0 bridgehead atoms. The Morgan fingerprint density at radius 3 is 2.48 bits per heavy atom. The average molecular weight is 315 g/mol. The second-order valence-corrected chi connectivity index (χ2v) is 5.53. The number of aryl methyl sites for hydroxylation is 1. The van der Waals surface area contributed by atoms with Crippen LogP contribution in [0.25, 0.3) is 5.69 Å². The normalized spacial score (nSPS) is 10.6. The van der Waals surface area contributed by atoms with E-state index in [-0.39, 0.29) is 25.3 Å². The van der Waals surface area contributed by atoms with Crippen LogP contribution >= 0.6 is 0 Å². The Balaban J connectivity index is 2.16. The van der Waals surface area contributed by atoms with Gasteiger partial charge in [-0.1, -0.05) is 18.2 Å². The molecule has 1 aromatic heterocycles. The van der Waals surface area contributed by atoms with E-state index in [4.69, 9.17) is 5.11 Å². The molecular weight excluding hydrogens is 294 g/mol. The molecular formula is C17H21N3O3. The minimum atomic E-state index is -0.908. The Labute approximate surface area is 135 Å². The van der Waals surface area contributed by atoms with Crippen LogP contribution in [0.2, 0.25) is 0 Å². The zero-order valence-electron chi connectivity index (χ0n) is 13.6. The minimum absolute atomic E-state index is 0.0521. The molecule has 0 fully saturated rings. The third-order valence-corrected chi connectivity index (χ3v) is 3.86. The SMILES string of the molecule is Cc1nn(-c2ccccc2)c(C)c1CC(=O)N(C)CCC(=O)O. The molecule has 6 heteroatoms. The number of hydrogen-bond donors (Lipinski definition) is 1. The number of nitrogens with zero attached hydrogens (tertiary/aromatic N) is 3. The van der Waals surface area contributed by atoms with Crippen molar-refractivity contribution in [1.29, 1.82) is 0 Å². The highest BCUT2D eigenvalue weighted by molar-refractivity contribution is 5.79. The molecule has 0 radical (unpaired) electrons. The highest BCUT2D eigenvalue weighted by atomic mass is 16.4. The van der Waals surface area contributed by atoms with Gasteiger partial charge in [0.2, 0.25) is 5.91 Å². The maximum absolute atomic E-state index is 12.3. The summed E-state index contributed by atoms with van der Waals surface area (Å²) in [6, 6.07) is 9.75. The summed E-state index contributed by atoms with van der Waals surface area (Å²) in [7, 11) is 1.62. The average Bonchev–Trinajstić information content (AvgIpc) is 2.81. The molecule has 0 atom stereocenters. The van der Waals surface area contributed by atoms with E-state index >= 15 is 0 Å². The molecule has 0 saturated heterocycles. The fourth-order valence-electron chi connectivity index (χ4n) is 2.43.